The number of rotatable bonds is 6. The Morgan fingerprint density at radius 1 is 1.41 bits per heavy atom. The molecule has 0 bridgehead atoms. The van der Waals surface area contributed by atoms with Gasteiger partial charge in [0.25, 0.3) is 0 Å². The molecular formula is C13H14Cl2F3N3S. The lowest BCUT2D eigenvalue weighted by Gasteiger charge is -2.19. The minimum Gasteiger partial charge on any atom is -0.261 e. The minimum absolute atomic E-state index is 0.0156. The van der Waals surface area contributed by atoms with Gasteiger partial charge < -0.3 is 0 Å². The van der Waals surface area contributed by atoms with E-state index in [4.69, 9.17) is 23.2 Å². The van der Waals surface area contributed by atoms with Crippen molar-refractivity contribution in [1.29, 1.82) is 0 Å². The normalized spacial score (nSPS) is 15.5. The summed E-state index contributed by atoms with van der Waals surface area (Å²) in [4.78, 5) is 8.00. The van der Waals surface area contributed by atoms with Crippen LogP contribution < -0.4 is 4.72 Å². The van der Waals surface area contributed by atoms with Gasteiger partial charge in [-0.15, -0.1) is 0 Å². The molecule has 1 N–H and O–H groups in total. The van der Waals surface area contributed by atoms with E-state index >= 15 is 0 Å². The van der Waals surface area contributed by atoms with Crippen LogP contribution in [0.5, 0.6) is 0 Å². The molecule has 1 aromatic rings. The summed E-state index contributed by atoms with van der Waals surface area (Å²) in [5.74, 6) is 0. The summed E-state index contributed by atoms with van der Waals surface area (Å²) >= 11 is 15.6. The first-order valence-corrected chi connectivity index (χ1v) is 7.49. The molecule has 0 spiro atoms. The van der Waals surface area contributed by atoms with E-state index in [1.54, 1.807) is 6.08 Å². The van der Waals surface area contributed by atoms with Gasteiger partial charge in [0.05, 0.1) is 16.9 Å². The Balaban J connectivity index is 3.12. The van der Waals surface area contributed by atoms with Gasteiger partial charge in [0, 0.05) is 29.4 Å². The molecule has 0 saturated carbocycles. The van der Waals surface area contributed by atoms with E-state index in [0.717, 1.165) is 0 Å². The second-order valence-corrected chi connectivity index (χ2v) is 5.36. The highest BCUT2D eigenvalue weighted by atomic mass is 35.5. The summed E-state index contributed by atoms with van der Waals surface area (Å²) in [6, 6.07) is -1.90. The Bertz CT molecular complexity index is 547. The fourth-order valence-electron chi connectivity index (χ4n) is 1.60. The number of nitrogens with zero attached hydrogens (tertiary/aromatic N) is 2. The van der Waals surface area contributed by atoms with Gasteiger partial charge in [-0.3, -0.25) is 14.7 Å². The largest absolute Gasteiger partial charge is 0.405 e. The van der Waals surface area contributed by atoms with Crippen LogP contribution in [0.25, 0.3) is 5.57 Å². The van der Waals surface area contributed by atoms with Crippen molar-refractivity contribution in [3.63, 3.8) is 0 Å². The van der Waals surface area contributed by atoms with Crippen molar-refractivity contribution in [3.8, 4) is 0 Å². The number of thiol groups is 1. The fraction of sp³-hybridized carbons (Fsp3) is 0.385. The predicted octanol–water partition coefficient (Wildman–Crippen LogP) is 4.71. The van der Waals surface area contributed by atoms with Crippen molar-refractivity contribution >= 4 is 41.6 Å². The topological polar surface area (TPSA) is 37.8 Å². The molecule has 1 aromatic heterocycles. The number of allylic oxidation sites excluding steroid dienone is 3. The lowest BCUT2D eigenvalue weighted by atomic mass is 10.1. The summed E-state index contributed by atoms with van der Waals surface area (Å²) in [6.45, 7) is 1.86. The SMILES string of the molecule is CC/C=C(\C(Cl)=C(\Cl)CC(NS)C(F)(F)F)c1cnccn1. The number of halogens is 5. The lowest BCUT2D eigenvalue weighted by molar-refractivity contribution is -0.149. The maximum atomic E-state index is 12.7. The summed E-state index contributed by atoms with van der Waals surface area (Å²) in [6.07, 6.45) is 1.73. The van der Waals surface area contributed by atoms with Gasteiger partial charge in [-0.05, 0) is 6.42 Å². The van der Waals surface area contributed by atoms with Gasteiger partial charge in [0.2, 0.25) is 0 Å². The van der Waals surface area contributed by atoms with Gasteiger partial charge in [-0.1, -0.05) is 49.0 Å². The summed E-state index contributed by atoms with van der Waals surface area (Å²) < 4.78 is 40.1. The highest BCUT2D eigenvalue weighted by Crippen LogP contribution is 2.34. The third kappa shape index (κ3) is 5.46. The van der Waals surface area contributed by atoms with Crippen LogP contribution in [0.1, 0.15) is 25.5 Å². The average Bonchev–Trinajstić information content (AvgIpc) is 2.49. The predicted molar refractivity (Wildman–Crippen MR) is 85.6 cm³/mol. The van der Waals surface area contributed by atoms with Crippen LogP contribution in [-0.2, 0) is 0 Å². The van der Waals surface area contributed by atoms with Gasteiger partial charge in [-0.2, -0.15) is 13.2 Å². The van der Waals surface area contributed by atoms with Gasteiger partial charge in [0.15, 0.2) is 0 Å². The molecule has 3 nitrogen and oxygen atoms in total. The Labute approximate surface area is 142 Å². The van der Waals surface area contributed by atoms with Crippen LogP contribution >= 0.6 is 36.0 Å². The van der Waals surface area contributed by atoms with Crippen LogP contribution in [0.2, 0.25) is 0 Å². The second-order valence-electron chi connectivity index (χ2n) is 4.26. The van der Waals surface area contributed by atoms with Crippen molar-refractivity contribution < 1.29 is 13.2 Å². The maximum Gasteiger partial charge on any atom is 0.405 e. The van der Waals surface area contributed by atoms with Crippen LogP contribution in [0.4, 0.5) is 13.2 Å². The molecule has 0 aliphatic carbocycles. The Morgan fingerprint density at radius 3 is 2.55 bits per heavy atom. The third-order valence-electron chi connectivity index (χ3n) is 2.66. The number of aromatic nitrogens is 2. The van der Waals surface area contributed by atoms with E-state index in [2.05, 4.69) is 22.8 Å². The summed E-state index contributed by atoms with van der Waals surface area (Å²) in [5.41, 5.74) is 0.886. The van der Waals surface area contributed by atoms with E-state index in [9.17, 15) is 13.2 Å². The molecule has 0 aromatic carbocycles. The van der Waals surface area contributed by atoms with E-state index in [-0.39, 0.29) is 10.1 Å². The zero-order valence-corrected chi connectivity index (χ0v) is 13.9. The molecule has 0 radical (unpaired) electrons. The quantitative estimate of drug-likeness (QED) is 0.561. The molecule has 1 rings (SSSR count). The Morgan fingerprint density at radius 2 is 2.09 bits per heavy atom. The summed E-state index contributed by atoms with van der Waals surface area (Å²) in [5, 5.41) is -0.113. The molecule has 1 atom stereocenters. The third-order valence-corrected chi connectivity index (χ3v) is 3.84. The average molecular weight is 372 g/mol. The zero-order chi connectivity index (χ0) is 16.8. The number of nitrogens with one attached hydrogen (secondary N) is 1. The highest BCUT2D eigenvalue weighted by molar-refractivity contribution is 7.78. The van der Waals surface area contributed by atoms with E-state index in [1.165, 1.54) is 18.6 Å². The molecule has 1 heterocycles. The van der Waals surface area contributed by atoms with Crippen LogP contribution in [-0.4, -0.2) is 22.2 Å². The van der Waals surface area contributed by atoms with Gasteiger partial charge in [0.1, 0.15) is 6.04 Å². The van der Waals surface area contributed by atoms with Gasteiger partial charge >= 0.3 is 6.18 Å². The number of hydrogen-bond donors (Lipinski definition) is 2. The first kappa shape index (κ1) is 19.3. The molecule has 0 aliphatic heterocycles. The zero-order valence-electron chi connectivity index (χ0n) is 11.5. The minimum atomic E-state index is -4.49. The first-order valence-electron chi connectivity index (χ1n) is 6.28. The molecule has 0 aliphatic rings. The van der Waals surface area contributed by atoms with E-state index in [0.29, 0.717) is 17.7 Å². The van der Waals surface area contributed by atoms with Crippen molar-refractivity contribution in [1.82, 2.24) is 14.7 Å². The first-order chi connectivity index (χ1) is 10.3. The fourth-order valence-corrected chi connectivity index (χ4v) is 2.34. The Kier molecular flexibility index (Phi) is 7.68. The second kappa shape index (κ2) is 8.76. The van der Waals surface area contributed by atoms with E-state index < -0.39 is 18.6 Å². The van der Waals surface area contributed by atoms with Crippen LogP contribution in [0.15, 0.2) is 34.7 Å². The van der Waals surface area contributed by atoms with E-state index in [1.807, 2.05) is 11.6 Å². The lowest BCUT2D eigenvalue weighted by Crippen LogP contribution is -2.37. The molecule has 0 fully saturated rings. The highest BCUT2D eigenvalue weighted by Gasteiger charge is 2.39. The summed E-state index contributed by atoms with van der Waals surface area (Å²) in [7, 11) is 0. The van der Waals surface area contributed by atoms with Crippen LogP contribution in [0.3, 0.4) is 0 Å². The molecule has 22 heavy (non-hydrogen) atoms. The smallest absolute Gasteiger partial charge is 0.261 e. The monoisotopic (exact) mass is 371 g/mol. The number of hydrogen-bond acceptors (Lipinski definition) is 4. The maximum absolute atomic E-state index is 12.7. The Hall–Kier alpha value is -0.760. The number of alkyl halides is 3. The van der Waals surface area contributed by atoms with Crippen molar-refractivity contribution in [2.24, 2.45) is 0 Å². The molecule has 1 unspecified atom stereocenters. The molecule has 122 valence electrons. The van der Waals surface area contributed by atoms with Gasteiger partial charge in [-0.25, -0.2) is 0 Å². The molecule has 9 heteroatoms. The molecule has 0 saturated heterocycles. The van der Waals surface area contributed by atoms with Crippen molar-refractivity contribution in [3.05, 3.63) is 40.4 Å². The van der Waals surface area contributed by atoms with Crippen LogP contribution in [0, 0.1) is 0 Å². The van der Waals surface area contributed by atoms with Crippen molar-refractivity contribution in [2.75, 3.05) is 0 Å². The molecular weight excluding hydrogens is 358 g/mol. The molecule has 0 amide bonds. The van der Waals surface area contributed by atoms with Crippen molar-refractivity contribution in [2.45, 2.75) is 32.0 Å². The standard InChI is InChI=1S/C13H14Cl2F3N3S/c1-2-3-8(10-7-19-4-5-20-10)12(15)9(14)6-11(21-22)13(16,17)18/h3-5,7,11,21-22H,2,6H2,1H3/b8-3-,12-9-.